The van der Waals surface area contributed by atoms with Crippen molar-refractivity contribution in [3.63, 3.8) is 0 Å². The van der Waals surface area contributed by atoms with E-state index in [2.05, 4.69) is 35.4 Å². The van der Waals surface area contributed by atoms with E-state index in [1.807, 2.05) is 13.8 Å². The van der Waals surface area contributed by atoms with Gasteiger partial charge in [0.25, 0.3) is 0 Å². The summed E-state index contributed by atoms with van der Waals surface area (Å²) in [4.78, 5) is 14.7. The van der Waals surface area contributed by atoms with Crippen molar-refractivity contribution in [3.8, 4) is 0 Å². The highest BCUT2D eigenvalue weighted by Gasteiger charge is 2.37. The molecule has 1 aliphatic rings. The number of fused-ring (bicyclic) bond motifs is 3. The summed E-state index contributed by atoms with van der Waals surface area (Å²) in [5.74, 6) is -0.791. The number of hydrogen-bond donors (Lipinski definition) is 3. The van der Waals surface area contributed by atoms with Crippen LogP contribution in [-0.2, 0) is 16.8 Å². The normalized spacial score (nSPS) is 21.3. The Morgan fingerprint density at radius 1 is 1.42 bits per heavy atom. The minimum Gasteiger partial charge on any atom is -0.480 e. The number of aromatic nitrogens is 1. The van der Waals surface area contributed by atoms with E-state index < -0.39 is 12.0 Å². The maximum absolute atomic E-state index is 11.3. The quantitative estimate of drug-likeness (QED) is 0.735. The van der Waals surface area contributed by atoms with Crippen molar-refractivity contribution in [1.29, 1.82) is 0 Å². The molecule has 1 aromatic carbocycles. The van der Waals surface area contributed by atoms with Gasteiger partial charge in [-0.15, -0.1) is 0 Å². The van der Waals surface area contributed by atoms with Crippen LogP contribution in [0, 0.1) is 6.92 Å². The van der Waals surface area contributed by atoms with Crippen LogP contribution in [0.2, 0.25) is 0 Å². The molecule has 2 aromatic rings. The largest absolute Gasteiger partial charge is 0.480 e. The first-order valence-corrected chi connectivity index (χ1v) is 6.50. The molecule has 0 radical (unpaired) electrons. The van der Waals surface area contributed by atoms with E-state index in [4.69, 9.17) is 0 Å². The number of benzene rings is 1. The van der Waals surface area contributed by atoms with Gasteiger partial charge in [-0.3, -0.25) is 10.1 Å². The lowest BCUT2D eigenvalue weighted by atomic mass is 9.86. The molecule has 3 rings (SSSR count). The van der Waals surface area contributed by atoms with Gasteiger partial charge >= 0.3 is 5.97 Å². The highest BCUT2D eigenvalue weighted by Crippen LogP contribution is 2.35. The summed E-state index contributed by atoms with van der Waals surface area (Å²) < 4.78 is 0. The van der Waals surface area contributed by atoms with Crippen molar-refractivity contribution in [1.82, 2.24) is 10.3 Å². The molecule has 0 bridgehead atoms. The minimum absolute atomic E-state index is 0.358. The van der Waals surface area contributed by atoms with Crippen LogP contribution in [-0.4, -0.2) is 22.1 Å². The van der Waals surface area contributed by atoms with Gasteiger partial charge in [-0.25, -0.2) is 0 Å². The summed E-state index contributed by atoms with van der Waals surface area (Å²) in [6.45, 7) is 6.09. The van der Waals surface area contributed by atoms with Gasteiger partial charge in [0.2, 0.25) is 0 Å². The lowest BCUT2D eigenvalue weighted by Gasteiger charge is -2.35. The van der Waals surface area contributed by atoms with Crippen molar-refractivity contribution < 1.29 is 9.90 Å². The molecule has 4 heteroatoms. The first kappa shape index (κ1) is 12.2. The predicted octanol–water partition coefficient (Wildman–Crippen LogP) is 2.31. The van der Waals surface area contributed by atoms with Crippen LogP contribution in [0.25, 0.3) is 10.9 Å². The average molecular weight is 258 g/mol. The highest BCUT2D eigenvalue weighted by molar-refractivity contribution is 5.87. The molecule has 3 N–H and O–H groups in total. The predicted molar refractivity (Wildman–Crippen MR) is 74.3 cm³/mol. The third-order valence-corrected chi connectivity index (χ3v) is 3.93. The highest BCUT2D eigenvalue weighted by atomic mass is 16.4. The van der Waals surface area contributed by atoms with Crippen LogP contribution < -0.4 is 5.32 Å². The van der Waals surface area contributed by atoms with E-state index in [0.29, 0.717) is 6.42 Å². The second-order valence-electron chi connectivity index (χ2n) is 5.89. The number of carboxylic acids is 1. The van der Waals surface area contributed by atoms with E-state index in [1.165, 1.54) is 5.56 Å². The van der Waals surface area contributed by atoms with E-state index in [0.717, 1.165) is 22.2 Å². The first-order valence-electron chi connectivity index (χ1n) is 6.50. The Bertz CT molecular complexity index is 670. The Morgan fingerprint density at radius 2 is 2.16 bits per heavy atom. The Morgan fingerprint density at radius 3 is 2.84 bits per heavy atom. The third-order valence-electron chi connectivity index (χ3n) is 3.93. The van der Waals surface area contributed by atoms with Crippen LogP contribution in [0.3, 0.4) is 0 Å². The number of carbonyl (C=O) groups is 1. The van der Waals surface area contributed by atoms with Crippen LogP contribution in [0.1, 0.15) is 30.7 Å². The number of rotatable bonds is 1. The molecule has 1 aromatic heterocycles. The van der Waals surface area contributed by atoms with Crippen LogP contribution in [0.4, 0.5) is 0 Å². The number of aliphatic carboxylic acids is 1. The lowest BCUT2D eigenvalue weighted by Crippen LogP contribution is -2.52. The molecule has 100 valence electrons. The number of aromatic amines is 1. The van der Waals surface area contributed by atoms with Gasteiger partial charge in [0, 0.05) is 23.0 Å². The molecule has 0 aliphatic carbocycles. The zero-order valence-electron chi connectivity index (χ0n) is 11.4. The van der Waals surface area contributed by atoms with Crippen LogP contribution in [0.15, 0.2) is 18.2 Å². The molecule has 0 spiro atoms. The summed E-state index contributed by atoms with van der Waals surface area (Å²) in [5, 5.41) is 13.6. The lowest BCUT2D eigenvalue weighted by molar-refractivity contribution is -0.140. The van der Waals surface area contributed by atoms with Gasteiger partial charge < -0.3 is 10.1 Å². The number of hydrogen-bond acceptors (Lipinski definition) is 2. The van der Waals surface area contributed by atoms with Crippen LogP contribution in [0.5, 0.6) is 0 Å². The van der Waals surface area contributed by atoms with E-state index in [-0.39, 0.29) is 5.54 Å². The Balaban J connectivity index is 2.23. The van der Waals surface area contributed by atoms with Gasteiger partial charge in [0.1, 0.15) is 6.04 Å². The maximum atomic E-state index is 11.3. The van der Waals surface area contributed by atoms with Gasteiger partial charge in [-0.2, -0.15) is 0 Å². The van der Waals surface area contributed by atoms with Crippen molar-refractivity contribution in [3.05, 3.63) is 35.0 Å². The average Bonchev–Trinajstić information content (AvgIpc) is 2.67. The Kier molecular flexibility index (Phi) is 2.47. The summed E-state index contributed by atoms with van der Waals surface area (Å²) in [5.41, 5.74) is 4.16. The van der Waals surface area contributed by atoms with Crippen molar-refractivity contribution in [2.24, 2.45) is 0 Å². The fourth-order valence-electron chi connectivity index (χ4n) is 3.03. The fourth-order valence-corrected chi connectivity index (χ4v) is 3.03. The van der Waals surface area contributed by atoms with E-state index >= 15 is 0 Å². The second-order valence-corrected chi connectivity index (χ2v) is 5.89. The van der Waals surface area contributed by atoms with Gasteiger partial charge in [0.15, 0.2) is 0 Å². The zero-order chi connectivity index (χ0) is 13.8. The van der Waals surface area contributed by atoms with Gasteiger partial charge in [-0.05, 0) is 38.0 Å². The van der Waals surface area contributed by atoms with Gasteiger partial charge in [0.05, 0.1) is 5.54 Å². The first-order chi connectivity index (χ1) is 8.88. The molecular formula is C15H18N2O2. The molecule has 1 atom stereocenters. The number of carboxylic acid groups (broad SMARTS) is 1. The number of nitrogens with one attached hydrogen (secondary N) is 2. The molecule has 1 aliphatic heterocycles. The molecule has 0 amide bonds. The second kappa shape index (κ2) is 3.84. The monoisotopic (exact) mass is 258 g/mol. The maximum Gasteiger partial charge on any atom is 0.321 e. The smallest absolute Gasteiger partial charge is 0.321 e. The Hall–Kier alpha value is -1.81. The van der Waals surface area contributed by atoms with Crippen molar-refractivity contribution in [2.75, 3.05) is 0 Å². The third kappa shape index (κ3) is 1.83. The van der Waals surface area contributed by atoms with Crippen molar-refractivity contribution in [2.45, 2.75) is 38.8 Å². The number of aryl methyl sites for hydroxylation is 1. The summed E-state index contributed by atoms with van der Waals surface area (Å²) in [6, 6.07) is 5.74. The standard InChI is InChI=1S/C15H18N2O2/c1-8-4-5-9-10-7-12(14(18)19)17-15(2,3)13(10)16-11(9)6-8/h4-6,12,16-17H,7H2,1-3H3,(H,18,19). The van der Waals surface area contributed by atoms with Gasteiger partial charge in [-0.1, -0.05) is 12.1 Å². The molecule has 4 nitrogen and oxygen atoms in total. The molecule has 0 fully saturated rings. The molecule has 2 heterocycles. The Labute approximate surface area is 111 Å². The summed E-state index contributed by atoms with van der Waals surface area (Å²) in [6.07, 6.45) is 0.525. The molecular weight excluding hydrogens is 240 g/mol. The van der Waals surface area contributed by atoms with E-state index in [9.17, 15) is 9.90 Å². The SMILES string of the molecule is Cc1ccc2c3c([nH]c2c1)C(C)(C)NC(C(=O)O)C3. The topological polar surface area (TPSA) is 65.1 Å². The zero-order valence-corrected chi connectivity index (χ0v) is 11.4. The fraction of sp³-hybridized carbons (Fsp3) is 0.400. The molecule has 0 saturated heterocycles. The number of H-pyrrole nitrogens is 1. The van der Waals surface area contributed by atoms with Crippen LogP contribution >= 0.6 is 0 Å². The molecule has 0 saturated carbocycles. The van der Waals surface area contributed by atoms with E-state index in [1.54, 1.807) is 0 Å². The summed E-state index contributed by atoms with van der Waals surface area (Å²) >= 11 is 0. The van der Waals surface area contributed by atoms with Crippen molar-refractivity contribution >= 4 is 16.9 Å². The summed E-state index contributed by atoms with van der Waals surface area (Å²) in [7, 11) is 0. The minimum atomic E-state index is -0.791. The molecule has 19 heavy (non-hydrogen) atoms. The molecule has 1 unspecified atom stereocenters.